The van der Waals surface area contributed by atoms with Gasteiger partial charge in [0.15, 0.2) is 0 Å². The van der Waals surface area contributed by atoms with Gasteiger partial charge in [0.25, 0.3) is 0 Å². The number of halogens is 2. The first-order valence-corrected chi connectivity index (χ1v) is 6.16. The molecule has 1 aromatic rings. The number of hydrogen-bond acceptors (Lipinski definition) is 2. The van der Waals surface area contributed by atoms with Gasteiger partial charge in [0.05, 0.1) is 0 Å². The van der Waals surface area contributed by atoms with Crippen LogP contribution in [0, 0.1) is 0 Å². The van der Waals surface area contributed by atoms with Gasteiger partial charge in [-0.25, -0.2) is 0 Å². The second-order valence-corrected chi connectivity index (χ2v) is 4.33. The van der Waals surface area contributed by atoms with Gasteiger partial charge in [0.1, 0.15) is 6.10 Å². The normalized spacial score (nSPS) is 13.3. The lowest BCUT2D eigenvalue weighted by molar-refractivity contribution is -0.0805. The first-order valence-electron chi connectivity index (χ1n) is 6.16. The molecule has 0 aliphatic heterocycles. The summed E-state index contributed by atoms with van der Waals surface area (Å²) in [5.41, 5.74) is -0.0722. The van der Waals surface area contributed by atoms with Gasteiger partial charge in [-0.2, -0.15) is 8.78 Å². The lowest BCUT2D eigenvalue weighted by Crippen LogP contribution is -2.41. The molecule has 0 aliphatic carbocycles. The van der Waals surface area contributed by atoms with E-state index in [0.29, 0.717) is 6.42 Å². The number of benzene rings is 1. The molecular weight excluding hydrogens is 238 g/mol. The molecule has 0 heterocycles. The van der Waals surface area contributed by atoms with E-state index in [1.54, 1.807) is 6.07 Å². The molecule has 1 unspecified atom stereocenters. The maximum absolute atomic E-state index is 13.7. The summed E-state index contributed by atoms with van der Waals surface area (Å²) in [5, 5.41) is 9.46. The number of hydrogen-bond donors (Lipinski definition) is 1. The molecule has 100 valence electrons. The molecular formula is C14H18F2O2. The maximum Gasteiger partial charge on any atom is 0.334 e. The van der Waals surface area contributed by atoms with Gasteiger partial charge in [0, 0.05) is 5.56 Å². The van der Waals surface area contributed by atoms with E-state index in [4.69, 9.17) is 0 Å². The Morgan fingerprint density at radius 2 is 1.89 bits per heavy atom. The number of rotatable bonds is 7. The third kappa shape index (κ3) is 3.60. The molecule has 1 aromatic carbocycles. The Balaban J connectivity index is 2.70. The average Bonchev–Trinajstić information content (AvgIpc) is 2.39. The number of Topliss-reactive ketones (excluding diaryl/α,β-unsaturated/α-hetero) is 1. The van der Waals surface area contributed by atoms with Crippen LogP contribution in [0.2, 0.25) is 0 Å². The summed E-state index contributed by atoms with van der Waals surface area (Å²) in [4.78, 5) is 11.6. The molecule has 0 saturated carbocycles. The van der Waals surface area contributed by atoms with Gasteiger partial charge < -0.3 is 5.11 Å². The van der Waals surface area contributed by atoms with Crippen LogP contribution >= 0.6 is 0 Å². The minimum atomic E-state index is -3.71. The molecule has 4 heteroatoms. The molecule has 0 saturated heterocycles. The Hall–Kier alpha value is -1.29. The molecule has 0 aliphatic rings. The molecule has 18 heavy (non-hydrogen) atoms. The third-order valence-corrected chi connectivity index (χ3v) is 2.84. The fourth-order valence-electron chi connectivity index (χ4n) is 1.70. The summed E-state index contributed by atoms with van der Waals surface area (Å²) in [7, 11) is 0. The Kier molecular flexibility index (Phi) is 5.41. The van der Waals surface area contributed by atoms with Crippen molar-refractivity contribution >= 4 is 5.78 Å². The number of aliphatic hydroxyl groups is 1. The number of ketones is 1. The first-order chi connectivity index (χ1) is 8.50. The van der Waals surface area contributed by atoms with Crippen molar-refractivity contribution in [1.82, 2.24) is 0 Å². The van der Waals surface area contributed by atoms with Crippen LogP contribution in [0.4, 0.5) is 8.78 Å². The lowest BCUT2D eigenvalue weighted by Gasteiger charge is -2.21. The number of unbranched alkanes of at least 4 members (excludes halogenated alkanes) is 2. The van der Waals surface area contributed by atoms with Crippen molar-refractivity contribution in [2.45, 2.75) is 44.6 Å². The number of carbonyl (C=O) groups excluding carboxylic acids is 1. The van der Waals surface area contributed by atoms with E-state index in [1.165, 1.54) is 24.3 Å². The molecule has 0 amide bonds. The van der Waals surface area contributed by atoms with Gasteiger partial charge in [-0.05, 0) is 6.42 Å². The highest BCUT2D eigenvalue weighted by molar-refractivity contribution is 6.01. The van der Waals surface area contributed by atoms with E-state index in [-0.39, 0.29) is 12.0 Å². The Labute approximate surface area is 106 Å². The van der Waals surface area contributed by atoms with Crippen molar-refractivity contribution in [2.24, 2.45) is 0 Å². The molecule has 2 nitrogen and oxygen atoms in total. The minimum Gasteiger partial charge on any atom is -0.386 e. The summed E-state index contributed by atoms with van der Waals surface area (Å²) in [5.74, 6) is -5.03. The van der Waals surface area contributed by atoms with E-state index in [9.17, 15) is 18.7 Å². The first kappa shape index (κ1) is 14.8. The highest BCUT2D eigenvalue weighted by atomic mass is 19.3. The highest BCUT2D eigenvalue weighted by Crippen LogP contribution is 2.27. The van der Waals surface area contributed by atoms with Crippen LogP contribution in [0.25, 0.3) is 0 Å². The Bertz CT molecular complexity index is 377. The molecule has 1 atom stereocenters. The quantitative estimate of drug-likeness (QED) is 0.599. The van der Waals surface area contributed by atoms with Gasteiger partial charge >= 0.3 is 5.92 Å². The molecule has 1 N–H and O–H groups in total. The summed E-state index contributed by atoms with van der Waals surface area (Å²) in [6.45, 7) is 1.94. The van der Waals surface area contributed by atoms with Crippen molar-refractivity contribution in [3.8, 4) is 0 Å². The maximum atomic E-state index is 13.7. The van der Waals surface area contributed by atoms with Crippen LogP contribution in [0.1, 0.15) is 43.0 Å². The van der Waals surface area contributed by atoms with E-state index in [1.807, 2.05) is 6.92 Å². The smallest absolute Gasteiger partial charge is 0.334 e. The molecule has 0 radical (unpaired) electrons. The summed E-state index contributed by atoms with van der Waals surface area (Å²) in [6, 6.07) is 7.34. The third-order valence-electron chi connectivity index (χ3n) is 2.84. The lowest BCUT2D eigenvalue weighted by atomic mass is 9.97. The van der Waals surface area contributed by atoms with Crippen molar-refractivity contribution in [3.05, 3.63) is 35.9 Å². The van der Waals surface area contributed by atoms with Crippen LogP contribution in [-0.4, -0.2) is 22.9 Å². The van der Waals surface area contributed by atoms with Crippen molar-refractivity contribution in [3.63, 3.8) is 0 Å². The highest BCUT2D eigenvalue weighted by Gasteiger charge is 2.46. The standard InChI is InChI=1S/C14H18F2O2/c1-2-3-5-10-12(17)14(15,16)13(18)11-8-6-4-7-9-11/h4,6-9,12,17H,2-3,5,10H2,1H3. The Morgan fingerprint density at radius 3 is 2.44 bits per heavy atom. The molecule has 0 spiro atoms. The largest absolute Gasteiger partial charge is 0.386 e. The van der Waals surface area contributed by atoms with Crippen LogP contribution in [0.5, 0.6) is 0 Å². The number of aliphatic hydroxyl groups excluding tert-OH is 1. The van der Waals surface area contributed by atoms with E-state index < -0.39 is 17.8 Å². The number of carbonyl (C=O) groups is 1. The van der Waals surface area contributed by atoms with Gasteiger partial charge in [0.2, 0.25) is 5.78 Å². The Morgan fingerprint density at radius 1 is 1.28 bits per heavy atom. The fraction of sp³-hybridized carbons (Fsp3) is 0.500. The van der Waals surface area contributed by atoms with E-state index in [2.05, 4.69) is 0 Å². The van der Waals surface area contributed by atoms with Gasteiger partial charge in [-0.15, -0.1) is 0 Å². The van der Waals surface area contributed by atoms with Crippen molar-refractivity contribution in [1.29, 1.82) is 0 Å². The van der Waals surface area contributed by atoms with Crippen LogP contribution in [0.3, 0.4) is 0 Å². The zero-order valence-corrected chi connectivity index (χ0v) is 10.4. The minimum absolute atomic E-state index is 0.0561. The second kappa shape index (κ2) is 6.59. The van der Waals surface area contributed by atoms with Gasteiger partial charge in [-0.3, -0.25) is 4.79 Å². The van der Waals surface area contributed by atoms with Gasteiger partial charge in [-0.1, -0.05) is 56.5 Å². The van der Waals surface area contributed by atoms with Crippen LogP contribution in [0.15, 0.2) is 30.3 Å². The zero-order chi connectivity index (χ0) is 13.6. The molecule has 1 rings (SSSR count). The SMILES string of the molecule is CCCCCC(O)C(F)(F)C(=O)c1ccccc1. The zero-order valence-electron chi connectivity index (χ0n) is 10.4. The van der Waals surface area contributed by atoms with Crippen LogP contribution in [-0.2, 0) is 0 Å². The number of alkyl halides is 2. The fourth-order valence-corrected chi connectivity index (χ4v) is 1.70. The summed E-state index contributed by atoms with van der Waals surface area (Å²) < 4.78 is 27.4. The van der Waals surface area contributed by atoms with Crippen molar-refractivity contribution < 1.29 is 18.7 Å². The van der Waals surface area contributed by atoms with E-state index >= 15 is 0 Å². The monoisotopic (exact) mass is 256 g/mol. The predicted octanol–water partition coefficient (Wildman–Crippen LogP) is 3.45. The molecule has 0 aromatic heterocycles. The molecule has 0 bridgehead atoms. The summed E-state index contributed by atoms with van der Waals surface area (Å²) in [6.07, 6.45) is 0.184. The topological polar surface area (TPSA) is 37.3 Å². The predicted molar refractivity (Wildman–Crippen MR) is 65.9 cm³/mol. The summed E-state index contributed by atoms with van der Waals surface area (Å²) >= 11 is 0. The second-order valence-electron chi connectivity index (χ2n) is 4.33. The average molecular weight is 256 g/mol. The van der Waals surface area contributed by atoms with Crippen molar-refractivity contribution in [2.75, 3.05) is 0 Å². The molecule has 0 fully saturated rings. The van der Waals surface area contributed by atoms with Crippen LogP contribution < -0.4 is 0 Å². The van der Waals surface area contributed by atoms with E-state index in [0.717, 1.165) is 12.8 Å².